The fourth-order valence-electron chi connectivity index (χ4n) is 2.62. The quantitative estimate of drug-likeness (QED) is 0.493. The summed E-state index contributed by atoms with van der Waals surface area (Å²) in [7, 11) is 4.13. The normalized spacial score (nSPS) is 10.6. The van der Waals surface area contributed by atoms with Gasteiger partial charge in [-0.05, 0) is 36.3 Å². The average Bonchev–Trinajstić information content (AvgIpc) is 2.58. The highest BCUT2D eigenvalue weighted by Gasteiger charge is 2.05. The third-order valence-electron chi connectivity index (χ3n) is 4.08. The Labute approximate surface area is 157 Å². The molecule has 0 saturated carbocycles. The third kappa shape index (κ3) is 6.48. The van der Waals surface area contributed by atoms with Crippen molar-refractivity contribution < 1.29 is 21.5 Å². The first kappa shape index (κ1) is 20.4. The number of nitrogens with zero attached hydrogens (tertiary/aromatic N) is 2. The Hall–Kier alpha value is -1.61. The zero-order chi connectivity index (χ0) is 16.5. The van der Waals surface area contributed by atoms with Gasteiger partial charge in [0.15, 0.2) is 6.20 Å². The molecule has 0 aliphatic rings. The van der Waals surface area contributed by atoms with Crippen molar-refractivity contribution in [3.63, 3.8) is 0 Å². The van der Waals surface area contributed by atoms with E-state index in [0.29, 0.717) is 0 Å². The Bertz CT molecular complexity index is 618. The van der Waals surface area contributed by atoms with Crippen molar-refractivity contribution in [1.82, 2.24) is 0 Å². The lowest BCUT2D eigenvalue weighted by Crippen LogP contribution is -3.00. The Morgan fingerprint density at radius 2 is 1.67 bits per heavy atom. The minimum absolute atomic E-state index is 0. The van der Waals surface area contributed by atoms with Crippen molar-refractivity contribution >= 4 is 17.8 Å². The number of aryl methyl sites for hydroxylation is 1. The van der Waals surface area contributed by atoms with Crippen LogP contribution in [0, 0.1) is 0 Å². The van der Waals surface area contributed by atoms with Crippen molar-refractivity contribution in [2.75, 3.05) is 19.0 Å². The smallest absolute Gasteiger partial charge is 0.205 e. The molecule has 0 aliphatic carbocycles. The van der Waals surface area contributed by atoms with Crippen LogP contribution >= 0.6 is 0 Å². The van der Waals surface area contributed by atoms with E-state index in [2.05, 4.69) is 91.3 Å². The van der Waals surface area contributed by atoms with Gasteiger partial charge in [0.25, 0.3) is 0 Å². The number of pyridine rings is 1. The number of hydrogen-bond donors (Lipinski definition) is 0. The highest BCUT2D eigenvalue weighted by atomic mass is 79.9. The number of unbranched alkanes of at least 4 members (excludes halogenated alkanes) is 3. The molecule has 1 aromatic heterocycles. The first-order chi connectivity index (χ1) is 11.2. The molecule has 2 nitrogen and oxygen atoms in total. The highest BCUT2D eigenvalue weighted by Crippen LogP contribution is 2.14. The monoisotopic (exact) mass is 388 g/mol. The van der Waals surface area contributed by atoms with Crippen molar-refractivity contribution in [3.8, 4) is 0 Å². The van der Waals surface area contributed by atoms with Crippen LogP contribution in [0.1, 0.15) is 43.9 Å². The molecule has 0 aliphatic heterocycles. The van der Waals surface area contributed by atoms with E-state index in [1.807, 2.05) is 0 Å². The van der Waals surface area contributed by atoms with Gasteiger partial charge in [0, 0.05) is 44.4 Å². The van der Waals surface area contributed by atoms with Crippen LogP contribution in [0.5, 0.6) is 0 Å². The summed E-state index contributed by atoms with van der Waals surface area (Å²) in [6.45, 7) is 3.35. The van der Waals surface area contributed by atoms with E-state index in [4.69, 9.17) is 0 Å². The average molecular weight is 389 g/mol. The second kappa shape index (κ2) is 11.0. The van der Waals surface area contributed by atoms with Crippen LogP contribution < -0.4 is 26.4 Å². The maximum Gasteiger partial charge on any atom is 0.205 e. The molecule has 0 atom stereocenters. The standard InChI is InChI=1S/C21H29N2.BrH/c1-4-5-6-8-17-23-18-9-7-10-21(23)16-13-19-11-14-20(15-12-19)22(2)3;/h7,9-16,18H,4-6,8,17H2,1-3H3;1H/q+1;/p-1. The first-order valence-corrected chi connectivity index (χ1v) is 8.64. The number of hydrogen-bond acceptors (Lipinski definition) is 1. The lowest BCUT2D eigenvalue weighted by atomic mass is 10.1. The number of aromatic nitrogens is 1. The Morgan fingerprint density at radius 1 is 0.917 bits per heavy atom. The van der Waals surface area contributed by atoms with Gasteiger partial charge in [0.1, 0.15) is 6.54 Å². The predicted molar refractivity (Wildman–Crippen MR) is 100 cm³/mol. The molecule has 0 radical (unpaired) electrons. The van der Waals surface area contributed by atoms with Crippen LogP contribution in [0.3, 0.4) is 0 Å². The number of benzene rings is 1. The number of anilines is 1. The summed E-state index contributed by atoms with van der Waals surface area (Å²) in [5, 5.41) is 0. The molecule has 2 aromatic rings. The largest absolute Gasteiger partial charge is 1.00 e. The van der Waals surface area contributed by atoms with Gasteiger partial charge in [-0.3, -0.25) is 0 Å². The summed E-state index contributed by atoms with van der Waals surface area (Å²) in [5.41, 5.74) is 3.73. The van der Waals surface area contributed by atoms with Crippen LogP contribution in [0.25, 0.3) is 12.2 Å². The van der Waals surface area contributed by atoms with Gasteiger partial charge in [0.05, 0.1) is 0 Å². The topological polar surface area (TPSA) is 7.12 Å². The van der Waals surface area contributed by atoms with Crippen LogP contribution in [0.4, 0.5) is 5.69 Å². The van der Waals surface area contributed by atoms with Gasteiger partial charge < -0.3 is 21.9 Å². The van der Waals surface area contributed by atoms with Gasteiger partial charge >= 0.3 is 0 Å². The SMILES string of the molecule is CCCCCC[n+]1ccccc1/C=C/c1ccc(N(C)C)cc1.[Br-]. The summed E-state index contributed by atoms with van der Waals surface area (Å²) >= 11 is 0. The minimum Gasteiger partial charge on any atom is -1.00 e. The summed E-state index contributed by atoms with van der Waals surface area (Å²) in [5.74, 6) is 0. The first-order valence-electron chi connectivity index (χ1n) is 8.64. The van der Waals surface area contributed by atoms with Gasteiger partial charge in [-0.15, -0.1) is 0 Å². The van der Waals surface area contributed by atoms with E-state index in [9.17, 15) is 0 Å². The fraction of sp³-hybridized carbons (Fsp3) is 0.381. The molecule has 130 valence electrons. The van der Waals surface area contributed by atoms with Crippen molar-refractivity contribution in [3.05, 3.63) is 59.9 Å². The predicted octanol–water partition coefficient (Wildman–Crippen LogP) is 1.79. The number of halogens is 1. The molecule has 0 unspecified atom stereocenters. The van der Waals surface area contributed by atoms with Crippen molar-refractivity contribution in [1.29, 1.82) is 0 Å². The maximum absolute atomic E-state index is 2.35. The summed E-state index contributed by atoms with van der Waals surface area (Å²) < 4.78 is 2.35. The van der Waals surface area contributed by atoms with Crippen LogP contribution in [-0.4, -0.2) is 14.1 Å². The van der Waals surface area contributed by atoms with Gasteiger partial charge in [0.2, 0.25) is 5.69 Å². The van der Waals surface area contributed by atoms with E-state index in [1.54, 1.807) is 0 Å². The van der Waals surface area contributed by atoms with Crippen LogP contribution in [0.15, 0.2) is 48.7 Å². The van der Waals surface area contributed by atoms with E-state index in [0.717, 1.165) is 6.54 Å². The molecule has 0 N–H and O–H groups in total. The molecule has 2 rings (SSSR count). The summed E-state index contributed by atoms with van der Waals surface area (Å²) in [6.07, 6.45) is 11.8. The van der Waals surface area contributed by atoms with E-state index < -0.39 is 0 Å². The van der Waals surface area contributed by atoms with Crippen LogP contribution in [-0.2, 0) is 6.54 Å². The van der Waals surface area contributed by atoms with E-state index in [1.165, 1.54) is 42.6 Å². The molecule has 3 heteroatoms. The molecule has 0 amide bonds. The Morgan fingerprint density at radius 3 is 2.33 bits per heavy atom. The number of rotatable bonds is 8. The van der Waals surface area contributed by atoms with E-state index >= 15 is 0 Å². The summed E-state index contributed by atoms with van der Waals surface area (Å²) in [4.78, 5) is 2.12. The van der Waals surface area contributed by atoms with Crippen molar-refractivity contribution in [2.45, 2.75) is 39.2 Å². The second-order valence-corrected chi connectivity index (χ2v) is 6.20. The molecule has 1 heterocycles. The van der Waals surface area contributed by atoms with Gasteiger partial charge in [-0.1, -0.05) is 31.9 Å². The maximum atomic E-state index is 2.35. The van der Waals surface area contributed by atoms with Crippen LogP contribution in [0.2, 0.25) is 0 Å². The minimum atomic E-state index is 0. The van der Waals surface area contributed by atoms with Crippen molar-refractivity contribution in [2.24, 2.45) is 0 Å². The zero-order valence-electron chi connectivity index (χ0n) is 15.1. The molecular formula is C21H29BrN2. The molecule has 0 bridgehead atoms. The Kier molecular flexibility index (Phi) is 9.39. The molecular weight excluding hydrogens is 360 g/mol. The molecule has 24 heavy (non-hydrogen) atoms. The molecule has 0 fully saturated rings. The molecule has 0 spiro atoms. The summed E-state index contributed by atoms with van der Waals surface area (Å²) in [6, 6.07) is 15.1. The zero-order valence-corrected chi connectivity index (χ0v) is 16.7. The Balaban J connectivity index is 0.00000288. The second-order valence-electron chi connectivity index (χ2n) is 6.20. The molecule has 1 aromatic carbocycles. The lowest BCUT2D eigenvalue weighted by molar-refractivity contribution is -0.699. The third-order valence-corrected chi connectivity index (χ3v) is 4.08. The fourth-order valence-corrected chi connectivity index (χ4v) is 2.62. The van der Waals surface area contributed by atoms with Gasteiger partial charge in [-0.2, -0.15) is 4.57 Å². The highest BCUT2D eigenvalue weighted by molar-refractivity contribution is 5.68. The van der Waals surface area contributed by atoms with Gasteiger partial charge in [-0.25, -0.2) is 0 Å². The van der Waals surface area contributed by atoms with E-state index in [-0.39, 0.29) is 17.0 Å². The molecule has 0 saturated heterocycles. The lowest BCUT2D eigenvalue weighted by Gasteiger charge is -2.11.